The van der Waals surface area contributed by atoms with Crippen molar-refractivity contribution in [3.05, 3.63) is 30.1 Å². The van der Waals surface area contributed by atoms with Crippen LogP contribution in [0.1, 0.15) is 32.4 Å². The zero-order valence-corrected chi connectivity index (χ0v) is 14.5. The van der Waals surface area contributed by atoms with Gasteiger partial charge in [-0.3, -0.25) is 4.98 Å². The second kappa shape index (κ2) is 7.86. The van der Waals surface area contributed by atoms with Gasteiger partial charge in [-0.2, -0.15) is 22.3 Å². The zero-order chi connectivity index (χ0) is 16.9. The van der Waals surface area contributed by atoms with E-state index in [1.54, 1.807) is 22.6 Å². The Hall–Kier alpha value is -1.49. The maximum absolute atomic E-state index is 13.0. The van der Waals surface area contributed by atoms with Crippen LogP contribution in [0.4, 0.5) is 0 Å². The van der Waals surface area contributed by atoms with E-state index in [0.717, 1.165) is 6.42 Å². The Kier molecular flexibility index (Phi) is 6.10. The van der Waals surface area contributed by atoms with Crippen LogP contribution in [0.25, 0.3) is 0 Å². The van der Waals surface area contributed by atoms with Gasteiger partial charge in [0.15, 0.2) is 0 Å². The molecule has 1 saturated heterocycles. The Balaban J connectivity index is 2.20. The Labute approximate surface area is 138 Å². The van der Waals surface area contributed by atoms with E-state index < -0.39 is 10.2 Å². The molecule has 2 unspecified atom stereocenters. The summed E-state index contributed by atoms with van der Waals surface area (Å²) in [6.07, 6.45) is 2.87. The summed E-state index contributed by atoms with van der Waals surface area (Å²) in [5.74, 6) is 0.697. The molecule has 2 rings (SSSR count). The molecule has 0 N–H and O–H groups in total. The van der Waals surface area contributed by atoms with Gasteiger partial charge >= 0.3 is 0 Å². The quantitative estimate of drug-likeness (QED) is 0.796. The van der Waals surface area contributed by atoms with Crippen LogP contribution in [0.5, 0.6) is 0 Å². The summed E-state index contributed by atoms with van der Waals surface area (Å²) in [7, 11) is -3.58. The van der Waals surface area contributed by atoms with Crippen LogP contribution in [0.15, 0.2) is 24.4 Å². The lowest BCUT2D eigenvalue weighted by molar-refractivity contribution is 0.207. The second-order valence-electron chi connectivity index (χ2n) is 6.33. The van der Waals surface area contributed by atoms with Crippen molar-refractivity contribution in [1.29, 1.82) is 5.26 Å². The summed E-state index contributed by atoms with van der Waals surface area (Å²) in [4.78, 5) is 4.21. The number of nitriles is 1. The predicted octanol–water partition coefficient (Wildman–Crippen LogP) is 2.02. The van der Waals surface area contributed by atoms with Crippen molar-refractivity contribution < 1.29 is 8.42 Å². The molecular formula is C16H24N4O2S. The van der Waals surface area contributed by atoms with Gasteiger partial charge in [0.2, 0.25) is 0 Å². The number of piperidine rings is 1. The molecule has 0 bridgehead atoms. The van der Waals surface area contributed by atoms with Gasteiger partial charge in [0, 0.05) is 32.3 Å². The molecule has 1 aromatic heterocycles. The number of hydrogen-bond donors (Lipinski definition) is 0. The molecule has 6 nitrogen and oxygen atoms in total. The van der Waals surface area contributed by atoms with Crippen molar-refractivity contribution in [2.24, 2.45) is 11.8 Å². The molecule has 1 aliphatic rings. The Morgan fingerprint density at radius 2 is 2.04 bits per heavy atom. The van der Waals surface area contributed by atoms with Gasteiger partial charge in [-0.1, -0.05) is 19.9 Å². The fourth-order valence-electron chi connectivity index (χ4n) is 3.08. The first kappa shape index (κ1) is 17.9. The minimum absolute atomic E-state index is 0.172. The smallest absolute Gasteiger partial charge is 0.260 e. The first-order chi connectivity index (χ1) is 10.9. The van der Waals surface area contributed by atoms with Gasteiger partial charge in [-0.05, 0) is 30.4 Å². The molecule has 0 aliphatic carbocycles. The minimum atomic E-state index is -3.58. The first-order valence-corrected chi connectivity index (χ1v) is 9.35. The highest BCUT2D eigenvalue weighted by atomic mass is 32.2. The Morgan fingerprint density at radius 1 is 1.35 bits per heavy atom. The number of rotatable bonds is 6. The molecule has 0 aromatic carbocycles. The fraction of sp³-hybridized carbons (Fsp3) is 0.625. The number of nitrogens with zero attached hydrogens (tertiary/aromatic N) is 4. The average Bonchev–Trinajstić information content (AvgIpc) is 2.51. The molecule has 0 saturated carbocycles. The SMILES string of the molecule is CC1CC(C)CN(S(=O)(=O)N(CCC#N)Cc2ccccn2)C1. The molecular weight excluding hydrogens is 312 g/mol. The summed E-state index contributed by atoms with van der Waals surface area (Å²) in [5, 5.41) is 8.84. The van der Waals surface area contributed by atoms with E-state index >= 15 is 0 Å². The molecule has 1 fully saturated rings. The van der Waals surface area contributed by atoms with E-state index in [1.807, 2.05) is 12.1 Å². The summed E-state index contributed by atoms with van der Waals surface area (Å²) in [5.41, 5.74) is 0.687. The average molecular weight is 336 g/mol. The molecule has 1 aliphatic heterocycles. The van der Waals surface area contributed by atoms with E-state index in [-0.39, 0.29) is 19.5 Å². The lowest BCUT2D eigenvalue weighted by Crippen LogP contribution is -2.49. The van der Waals surface area contributed by atoms with Gasteiger partial charge in [0.05, 0.1) is 18.3 Å². The van der Waals surface area contributed by atoms with Crippen molar-refractivity contribution in [3.8, 4) is 6.07 Å². The van der Waals surface area contributed by atoms with Crippen LogP contribution >= 0.6 is 0 Å². The molecule has 7 heteroatoms. The molecule has 0 amide bonds. The zero-order valence-electron chi connectivity index (χ0n) is 13.7. The third-order valence-corrected chi connectivity index (χ3v) is 5.94. The van der Waals surface area contributed by atoms with Crippen molar-refractivity contribution >= 4 is 10.2 Å². The normalized spacial score (nSPS) is 22.9. The topological polar surface area (TPSA) is 77.3 Å². The molecule has 0 spiro atoms. The summed E-state index contributed by atoms with van der Waals surface area (Å²) < 4.78 is 28.9. The molecule has 0 radical (unpaired) electrons. The summed E-state index contributed by atoms with van der Waals surface area (Å²) in [6.45, 7) is 5.63. The molecule has 2 atom stereocenters. The molecule has 1 aromatic rings. The lowest BCUT2D eigenvalue weighted by atomic mass is 9.94. The van der Waals surface area contributed by atoms with Crippen LogP contribution in [-0.2, 0) is 16.8 Å². The lowest BCUT2D eigenvalue weighted by Gasteiger charge is -2.37. The highest BCUT2D eigenvalue weighted by Gasteiger charge is 2.34. The van der Waals surface area contributed by atoms with Crippen molar-refractivity contribution in [3.63, 3.8) is 0 Å². The van der Waals surface area contributed by atoms with Crippen LogP contribution < -0.4 is 0 Å². The molecule has 126 valence electrons. The van der Waals surface area contributed by atoms with Crippen molar-refractivity contribution in [2.45, 2.75) is 33.2 Å². The van der Waals surface area contributed by atoms with Crippen molar-refractivity contribution in [2.75, 3.05) is 19.6 Å². The van der Waals surface area contributed by atoms with E-state index in [0.29, 0.717) is 30.6 Å². The van der Waals surface area contributed by atoms with E-state index in [1.165, 1.54) is 4.31 Å². The van der Waals surface area contributed by atoms with Gasteiger partial charge in [-0.25, -0.2) is 0 Å². The van der Waals surface area contributed by atoms with E-state index in [4.69, 9.17) is 5.26 Å². The van der Waals surface area contributed by atoms with E-state index in [2.05, 4.69) is 18.8 Å². The van der Waals surface area contributed by atoms with Gasteiger partial charge in [-0.15, -0.1) is 0 Å². The maximum atomic E-state index is 13.0. The van der Waals surface area contributed by atoms with Gasteiger partial charge in [0.1, 0.15) is 0 Å². The first-order valence-electron chi connectivity index (χ1n) is 7.95. The van der Waals surface area contributed by atoms with Crippen LogP contribution in [0.2, 0.25) is 0 Å². The Bertz CT molecular complexity index is 632. The largest absolute Gasteiger partial charge is 0.282 e. The maximum Gasteiger partial charge on any atom is 0.282 e. The fourth-order valence-corrected chi connectivity index (χ4v) is 4.91. The van der Waals surface area contributed by atoms with Crippen molar-refractivity contribution in [1.82, 2.24) is 13.6 Å². The summed E-state index contributed by atoms with van der Waals surface area (Å²) in [6, 6.07) is 7.47. The monoisotopic (exact) mass is 336 g/mol. The summed E-state index contributed by atoms with van der Waals surface area (Å²) >= 11 is 0. The van der Waals surface area contributed by atoms with Gasteiger partial charge < -0.3 is 0 Å². The standard InChI is InChI=1S/C16H24N4O2S/c1-14-10-15(2)12-20(11-14)23(21,22)19(9-5-7-17)13-16-6-3-4-8-18-16/h3-4,6,8,14-15H,5,9-13H2,1-2H3. The Morgan fingerprint density at radius 3 is 2.61 bits per heavy atom. The number of pyridine rings is 1. The molecule has 2 heterocycles. The van der Waals surface area contributed by atoms with E-state index in [9.17, 15) is 8.42 Å². The van der Waals surface area contributed by atoms with Crippen LogP contribution in [0.3, 0.4) is 0 Å². The highest BCUT2D eigenvalue weighted by molar-refractivity contribution is 7.86. The minimum Gasteiger partial charge on any atom is -0.260 e. The third kappa shape index (κ3) is 4.74. The number of aromatic nitrogens is 1. The van der Waals surface area contributed by atoms with Gasteiger partial charge in [0.25, 0.3) is 10.2 Å². The predicted molar refractivity (Wildman–Crippen MR) is 88.3 cm³/mol. The molecule has 23 heavy (non-hydrogen) atoms. The van der Waals surface area contributed by atoms with Crippen LogP contribution in [0, 0.1) is 23.2 Å². The number of hydrogen-bond acceptors (Lipinski definition) is 4. The highest BCUT2D eigenvalue weighted by Crippen LogP contribution is 2.25. The second-order valence-corrected chi connectivity index (χ2v) is 8.26. The third-order valence-electron chi connectivity index (χ3n) is 4.03. The van der Waals surface area contributed by atoms with Crippen LogP contribution in [-0.4, -0.2) is 41.6 Å².